The Labute approximate surface area is 75.9 Å². The molecule has 0 unspecified atom stereocenters. The number of esters is 1. The fourth-order valence-electron chi connectivity index (χ4n) is 0.920. The average molecular weight is 181 g/mol. The minimum Gasteiger partial charge on any atom is -0.465 e. The molecule has 5 nitrogen and oxygen atoms in total. The van der Waals surface area contributed by atoms with Crippen LogP contribution in [0.25, 0.3) is 0 Å². The van der Waals surface area contributed by atoms with Gasteiger partial charge in [0.25, 0.3) is 0 Å². The van der Waals surface area contributed by atoms with Crippen LogP contribution in [0.2, 0.25) is 0 Å². The molecule has 0 bridgehead atoms. The Morgan fingerprint density at radius 3 is 2.85 bits per heavy atom. The van der Waals surface area contributed by atoms with Gasteiger partial charge in [0.1, 0.15) is 5.82 Å². The van der Waals surface area contributed by atoms with Gasteiger partial charge in [0, 0.05) is 13.2 Å². The van der Waals surface area contributed by atoms with Crippen molar-refractivity contribution in [3.8, 4) is 0 Å². The molecule has 0 aliphatic heterocycles. The van der Waals surface area contributed by atoms with E-state index in [-0.39, 0.29) is 0 Å². The zero-order valence-corrected chi connectivity index (χ0v) is 7.50. The van der Waals surface area contributed by atoms with Crippen LogP contribution < -0.4 is 11.1 Å². The smallest absolute Gasteiger partial charge is 0.339 e. The molecule has 1 aromatic rings. The van der Waals surface area contributed by atoms with Crippen LogP contribution in [0.5, 0.6) is 0 Å². The molecule has 13 heavy (non-hydrogen) atoms. The highest BCUT2D eigenvalue weighted by atomic mass is 16.5. The fraction of sp³-hybridized carbons (Fsp3) is 0.250. The minimum atomic E-state index is -0.443. The van der Waals surface area contributed by atoms with Crippen molar-refractivity contribution in [2.45, 2.75) is 0 Å². The topological polar surface area (TPSA) is 77.2 Å². The van der Waals surface area contributed by atoms with Crippen molar-refractivity contribution in [3.05, 3.63) is 17.8 Å². The Morgan fingerprint density at radius 1 is 1.69 bits per heavy atom. The van der Waals surface area contributed by atoms with Gasteiger partial charge in [0.05, 0.1) is 18.4 Å². The van der Waals surface area contributed by atoms with Gasteiger partial charge in [-0.05, 0) is 6.07 Å². The van der Waals surface area contributed by atoms with Crippen LogP contribution >= 0.6 is 0 Å². The second-order valence-electron chi connectivity index (χ2n) is 2.40. The van der Waals surface area contributed by atoms with E-state index < -0.39 is 5.97 Å². The number of carbonyl (C=O) groups excluding carboxylic acids is 1. The summed E-state index contributed by atoms with van der Waals surface area (Å²) in [6.07, 6.45) is 1.41. The van der Waals surface area contributed by atoms with Crippen LogP contribution in [0.3, 0.4) is 0 Å². The zero-order valence-electron chi connectivity index (χ0n) is 7.50. The second kappa shape index (κ2) is 3.75. The molecular formula is C8H11N3O2. The monoisotopic (exact) mass is 181 g/mol. The summed E-state index contributed by atoms with van der Waals surface area (Å²) in [6, 6.07) is 1.52. The number of rotatable bonds is 2. The SMILES string of the molecule is CNc1ncc(C(=O)OC)cc1N. The van der Waals surface area contributed by atoms with Crippen molar-refractivity contribution in [1.82, 2.24) is 4.98 Å². The first-order valence-corrected chi connectivity index (χ1v) is 3.70. The number of anilines is 2. The highest BCUT2D eigenvalue weighted by molar-refractivity contribution is 5.90. The lowest BCUT2D eigenvalue weighted by atomic mass is 10.2. The molecule has 70 valence electrons. The molecule has 0 aliphatic carbocycles. The Hall–Kier alpha value is -1.78. The molecule has 0 radical (unpaired) electrons. The molecule has 0 saturated heterocycles. The van der Waals surface area contributed by atoms with Crippen molar-refractivity contribution >= 4 is 17.5 Å². The number of carbonyl (C=O) groups is 1. The lowest BCUT2D eigenvalue weighted by molar-refractivity contribution is 0.0600. The summed E-state index contributed by atoms with van der Waals surface area (Å²) in [6.45, 7) is 0. The van der Waals surface area contributed by atoms with Crippen LogP contribution in [-0.4, -0.2) is 25.1 Å². The Morgan fingerprint density at radius 2 is 2.38 bits per heavy atom. The fourth-order valence-corrected chi connectivity index (χ4v) is 0.920. The molecular weight excluding hydrogens is 170 g/mol. The number of pyridine rings is 1. The molecule has 5 heteroatoms. The van der Waals surface area contributed by atoms with E-state index in [0.29, 0.717) is 17.1 Å². The second-order valence-corrected chi connectivity index (χ2v) is 2.40. The van der Waals surface area contributed by atoms with Crippen LogP contribution in [-0.2, 0) is 4.74 Å². The van der Waals surface area contributed by atoms with Gasteiger partial charge in [-0.25, -0.2) is 9.78 Å². The van der Waals surface area contributed by atoms with E-state index in [1.807, 2.05) is 0 Å². The van der Waals surface area contributed by atoms with Gasteiger partial charge >= 0.3 is 5.97 Å². The van der Waals surface area contributed by atoms with Crippen LogP contribution in [0, 0.1) is 0 Å². The zero-order chi connectivity index (χ0) is 9.84. The van der Waals surface area contributed by atoms with E-state index in [1.165, 1.54) is 19.4 Å². The first-order valence-electron chi connectivity index (χ1n) is 3.70. The number of nitrogens with one attached hydrogen (secondary N) is 1. The number of hydrogen-bond donors (Lipinski definition) is 2. The first kappa shape index (κ1) is 9.31. The number of aromatic nitrogens is 1. The van der Waals surface area contributed by atoms with Crippen molar-refractivity contribution in [1.29, 1.82) is 0 Å². The van der Waals surface area contributed by atoms with E-state index in [1.54, 1.807) is 7.05 Å². The molecule has 0 saturated carbocycles. The summed E-state index contributed by atoms with van der Waals surface area (Å²) >= 11 is 0. The Balaban J connectivity index is 3.02. The van der Waals surface area contributed by atoms with Crippen LogP contribution in [0.4, 0.5) is 11.5 Å². The summed E-state index contributed by atoms with van der Waals surface area (Å²) in [5.74, 6) is 0.106. The highest BCUT2D eigenvalue weighted by Gasteiger charge is 2.07. The number of nitrogens with zero attached hydrogens (tertiary/aromatic N) is 1. The predicted molar refractivity (Wildman–Crippen MR) is 49.5 cm³/mol. The van der Waals surface area contributed by atoms with Gasteiger partial charge in [0.2, 0.25) is 0 Å². The van der Waals surface area contributed by atoms with Crippen LogP contribution in [0.1, 0.15) is 10.4 Å². The maximum atomic E-state index is 11.0. The summed E-state index contributed by atoms with van der Waals surface area (Å²) in [5, 5.41) is 2.79. The molecule has 0 amide bonds. The van der Waals surface area contributed by atoms with E-state index in [9.17, 15) is 4.79 Å². The van der Waals surface area contributed by atoms with Gasteiger partial charge < -0.3 is 15.8 Å². The van der Waals surface area contributed by atoms with Gasteiger partial charge in [0.15, 0.2) is 0 Å². The van der Waals surface area contributed by atoms with E-state index in [0.717, 1.165) is 0 Å². The van der Waals surface area contributed by atoms with Gasteiger partial charge in [-0.15, -0.1) is 0 Å². The molecule has 0 fully saturated rings. The molecule has 1 aromatic heterocycles. The summed E-state index contributed by atoms with van der Waals surface area (Å²) < 4.78 is 4.51. The third-order valence-electron chi connectivity index (χ3n) is 1.58. The highest BCUT2D eigenvalue weighted by Crippen LogP contribution is 2.15. The third kappa shape index (κ3) is 1.87. The number of hydrogen-bond acceptors (Lipinski definition) is 5. The third-order valence-corrected chi connectivity index (χ3v) is 1.58. The normalized spacial score (nSPS) is 9.38. The number of ether oxygens (including phenoxy) is 1. The number of methoxy groups -OCH3 is 1. The molecule has 3 N–H and O–H groups in total. The molecule has 0 aliphatic rings. The maximum Gasteiger partial charge on any atom is 0.339 e. The summed E-state index contributed by atoms with van der Waals surface area (Å²) in [7, 11) is 3.01. The first-order chi connectivity index (χ1) is 6.19. The average Bonchev–Trinajstić information content (AvgIpc) is 2.16. The molecule has 1 rings (SSSR count). The largest absolute Gasteiger partial charge is 0.465 e. The van der Waals surface area contributed by atoms with Gasteiger partial charge in [-0.2, -0.15) is 0 Å². The lowest BCUT2D eigenvalue weighted by Crippen LogP contribution is -2.05. The van der Waals surface area contributed by atoms with E-state index in [4.69, 9.17) is 5.73 Å². The summed E-state index contributed by atoms with van der Waals surface area (Å²) in [4.78, 5) is 15.0. The lowest BCUT2D eigenvalue weighted by Gasteiger charge is -2.04. The van der Waals surface area contributed by atoms with E-state index in [2.05, 4.69) is 15.0 Å². The van der Waals surface area contributed by atoms with Gasteiger partial charge in [-0.1, -0.05) is 0 Å². The van der Waals surface area contributed by atoms with E-state index >= 15 is 0 Å². The Kier molecular flexibility index (Phi) is 2.69. The maximum absolute atomic E-state index is 11.0. The molecule has 0 aromatic carbocycles. The number of nitrogen functional groups attached to an aromatic ring is 1. The van der Waals surface area contributed by atoms with Crippen molar-refractivity contribution in [2.75, 3.05) is 25.2 Å². The van der Waals surface area contributed by atoms with Gasteiger partial charge in [-0.3, -0.25) is 0 Å². The van der Waals surface area contributed by atoms with Crippen molar-refractivity contribution in [2.24, 2.45) is 0 Å². The molecule has 0 spiro atoms. The van der Waals surface area contributed by atoms with Crippen LogP contribution in [0.15, 0.2) is 12.3 Å². The predicted octanol–water partition coefficient (Wildman–Crippen LogP) is 0.492. The van der Waals surface area contributed by atoms with Crippen molar-refractivity contribution < 1.29 is 9.53 Å². The quantitative estimate of drug-likeness (QED) is 0.649. The minimum absolute atomic E-state index is 0.346. The standard InChI is InChI=1S/C8H11N3O2/c1-10-7-6(9)3-5(4-11-7)8(12)13-2/h3-4H,9H2,1-2H3,(H,10,11). The van der Waals surface area contributed by atoms with Crippen molar-refractivity contribution in [3.63, 3.8) is 0 Å². The Bertz CT molecular complexity index is 325. The molecule has 0 atom stereocenters. The summed E-state index contributed by atoms with van der Waals surface area (Å²) in [5.41, 5.74) is 6.36. The number of nitrogens with two attached hydrogens (primary N) is 1. The molecule has 1 heterocycles.